The molecule has 0 aliphatic heterocycles. The number of hydrogen-bond acceptors (Lipinski definition) is 3. The van der Waals surface area contributed by atoms with Crippen molar-refractivity contribution in [2.45, 2.75) is 25.4 Å². The van der Waals surface area contributed by atoms with Crippen molar-refractivity contribution in [1.29, 1.82) is 0 Å². The molecule has 0 spiro atoms. The Balaban J connectivity index is 2.01. The van der Waals surface area contributed by atoms with Gasteiger partial charge in [-0.1, -0.05) is 18.2 Å². The number of aryl methyl sites for hydroxylation is 1. The van der Waals surface area contributed by atoms with Gasteiger partial charge in [0.1, 0.15) is 16.9 Å². The molecule has 4 aromatic rings. The Morgan fingerprint density at radius 2 is 1.74 bits per heavy atom. The van der Waals surface area contributed by atoms with Gasteiger partial charge in [-0.3, -0.25) is 0 Å². The van der Waals surface area contributed by atoms with E-state index in [-0.39, 0.29) is 11.9 Å². The number of benzene rings is 3. The molecule has 0 saturated carbocycles. The molecule has 2 N–H and O–H groups in total. The van der Waals surface area contributed by atoms with E-state index in [0.717, 1.165) is 45.6 Å². The molecular formula is C20H16O3. The molecule has 114 valence electrons. The van der Waals surface area contributed by atoms with Crippen LogP contribution in [0.4, 0.5) is 0 Å². The highest BCUT2D eigenvalue weighted by atomic mass is 16.3. The monoisotopic (exact) mass is 304 g/mol. The molecule has 0 saturated heterocycles. The fourth-order valence-electron chi connectivity index (χ4n) is 3.90. The smallest absolute Gasteiger partial charge is 0.136 e. The molecule has 3 aromatic carbocycles. The standard InChI is InChI=1S/C20H16O3/c21-13-5-1-11-3-7-17-19(15(11)9-13)20-16-10-14(22)6-2-12(16)4-8-18(20)23-17/h1,3-5,7-9,14,21-22H,2,6,10H2. The normalized spacial score (nSPS) is 17.9. The molecule has 1 aliphatic carbocycles. The second-order valence-corrected chi connectivity index (χ2v) is 6.42. The first-order valence-corrected chi connectivity index (χ1v) is 7.97. The summed E-state index contributed by atoms with van der Waals surface area (Å²) in [7, 11) is 0. The van der Waals surface area contributed by atoms with E-state index in [4.69, 9.17) is 4.42 Å². The largest absolute Gasteiger partial charge is 0.508 e. The van der Waals surface area contributed by atoms with Gasteiger partial charge in [-0.15, -0.1) is 0 Å². The van der Waals surface area contributed by atoms with Gasteiger partial charge in [0.25, 0.3) is 0 Å². The maximum absolute atomic E-state index is 10.1. The number of furan rings is 1. The third-order valence-corrected chi connectivity index (χ3v) is 5.00. The molecule has 3 heteroatoms. The summed E-state index contributed by atoms with van der Waals surface area (Å²) in [5, 5.41) is 24.2. The molecule has 1 unspecified atom stereocenters. The molecule has 1 heterocycles. The van der Waals surface area contributed by atoms with E-state index in [0.29, 0.717) is 6.42 Å². The maximum atomic E-state index is 10.1. The van der Waals surface area contributed by atoms with E-state index >= 15 is 0 Å². The molecule has 5 rings (SSSR count). The summed E-state index contributed by atoms with van der Waals surface area (Å²) in [5.74, 6) is 0.254. The molecule has 1 aromatic heterocycles. The van der Waals surface area contributed by atoms with Crippen LogP contribution in [0.3, 0.4) is 0 Å². The van der Waals surface area contributed by atoms with Gasteiger partial charge in [0.05, 0.1) is 6.10 Å². The van der Waals surface area contributed by atoms with Crippen molar-refractivity contribution in [3.8, 4) is 5.75 Å². The van der Waals surface area contributed by atoms with Gasteiger partial charge in [-0.2, -0.15) is 0 Å². The summed E-state index contributed by atoms with van der Waals surface area (Å²) >= 11 is 0. The van der Waals surface area contributed by atoms with Crippen molar-refractivity contribution in [3.63, 3.8) is 0 Å². The van der Waals surface area contributed by atoms with Gasteiger partial charge >= 0.3 is 0 Å². The minimum atomic E-state index is -0.290. The number of aliphatic hydroxyl groups is 1. The second-order valence-electron chi connectivity index (χ2n) is 6.42. The minimum absolute atomic E-state index is 0.254. The molecule has 0 amide bonds. The van der Waals surface area contributed by atoms with Crippen LogP contribution in [0.5, 0.6) is 5.75 Å². The topological polar surface area (TPSA) is 53.6 Å². The van der Waals surface area contributed by atoms with E-state index in [1.807, 2.05) is 24.3 Å². The Morgan fingerprint density at radius 1 is 0.957 bits per heavy atom. The average Bonchev–Trinajstić information content (AvgIpc) is 2.94. The lowest BCUT2D eigenvalue weighted by molar-refractivity contribution is 0.159. The van der Waals surface area contributed by atoms with Gasteiger partial charge in [-0.05, 0) is 65.4 Å². The number of phenols is 1. The Kier molecular flexibility index (Phi) is 2.53. The Labute approximate surface area is 132 Å². The summed E-state index contributed by atoms with van der Waals surface area (Å²) in [6.07, 6.45) is 2.09. The summed E-state index contributed by atoms with van der Waals surface area (Å²) in [6.45, 7) is 0. The van der Waals surface area contributed by atoms with Gasteiger partial charge in [0.2, 0.25) is 0 Å². The number of phenolic OH excluding ortho intramolecular Hbond substituents is 1. The highest BCUT2D eigenvalue weighted by molar-refractivity contribution is 6.20. The summed E-state index contributed by atoms with van der Waals surface area (Å²) < 4.78 is 6.04. The molecular weight excluding hydrogens is 288 g/mol. The van der Waals surface area contributed by atoms with Gasteiger partial charge in [-0.25, -0.2) is 0 Å². The predicted octanol–water partition coefficient (Wildman–Crippen LogP) is 4.29. The third kappa shape index (κ3) is 1.80. The highest BCUT2D eigenvalue weighted by Gasteiger charge is 2.22. The number of hydrogen-bond donors (Lipinski definition) is 2. The molecule has 0 bridgehead atoms. The summed E-state index contributed by atoms with van der Waals surface area (Å²) in [5.41, 5.74) is 4.16. The fourth-order valence-corrected chi connectivity index (χ4v) is 3.90. The van der Waals surface area contributed by atoms with Crippen LogP contribution in [0, 0.1) is 0 Å². The summed E-state index contributed by atoms with van der Waals surface area (Å²) in [6, 6.07) is 13.6. The lowest BCUT2D eigenvalue weighted by Gasteiger charge is -2.21. The Bertz CT molecular complexity index is 1070. The summed E-state index contributed by atoms with van der Waals surface area (Å²) in [4.78, 5) is 0. The predicted molar refractivity (Wildman–Crippen MR) is 90.9 cm³/mol. The Morgan fingerprint density at radius 3 is 2.65 bits per heavy atom. The molecule has 0 radical (unpaired) electrons. The van der Waals surface area contributed by atoms with Crippen LogP contribution in [-0.2, 0) is 12.8 Å². The van der Waals surface area contributed by atoms with Crippen LogP contribution in [0.2, 0.25) is 0 Å². The van der Waals surface area contributed by atoms with Crippen LogP contribution in [0.25, 0.3) is 32.7 Å². The van der Waals surface area contributed by atoms with E-state index in [1.165, 1.54) is 11.1 Å². The lowest BCUT2D eigenvalue weighted by Crippen LogP contribution is -2.18. The van der Waals surface area contributed by atoms with Crippen molar-refractivity contribution in [2.75, 3.05) is 0 Å². The van der Waals surface area contributed by atoms with Crippen molar-refractivity contribution in [1.82, 2.24) is 0 Å². The van der Waals surface area contributed by atoms with E-state index in [9.17, 15) is 10.2 Å². The molecule has 0 fully saturated rings. The van der Waals surface area contributed by atoms with E-state index in [1.54, 1.807) is 12.1 Å². The molecule has 3 nitrogen and oxygen atoms in total. The zero-order valence-corrected chi connectivity index (χ0v) is 12.5. The van der Waals surface area contributed by atoms with E-state index < -0.39 is 0 Å². The number of rotatable bonds is 0. The number of aromatic hydroxyl groups is 1. The highest BCUT2D eigenvalue weighted by Crippen LogP contribution is 2.40. The van der Waals surface area contributed by atoms with Gasteiger partial charge in [0, 0.05) is 10.8 Å². The fraction of sp³-hybridized carbons (Fsp3) is 0.200. The van der Waals surface area contributed by atoms with Crippen molar-refractivity contribution in [3.05, 3.63) is 53.6 Å². The van der Waals surface area contributed by atoms with Gasteiger partial charge < -0.3 is 14.6 Å². The van der Waals surface area contributed by atoms with Crippen molar-refractivity contribution < 1.29 is 14.6 Å². The van der Waals surface area contributed by atoms with Crippen LogP contribution in [-0.4, -0.2) is 16.3 Å². The van der Waals surface area contributed by atoms with Gasteiger partial charge in [0.15, 0.2) is 0 Å². The first kappa shape index (κ1) is 13.0. The van der Waals surface area contributed by atoms with Crippen LogP contribution < -0.4 is 0 Å². The molecule has 23 heavy (non-hydrogen) atoms. The first-order chi connectivity index (χ1) is 11.2. The quantitative estimate of drug-likeness (QED) is 0.509. The average molecular weight is 304 g/mol. The van der Waals surface area contributed by atoms with Crippen molar-refractivity contribution >= 4 is 32.7 Å². The van der Waals surface area contributed by atoms with Crippen LogP contribution >= 0.6 is 0 Å². The van der Waals surface area contributed by atoms with Crippen LogP contribution in [0.1, 0.15) is 17.5 Å². The second kappa shape index (κ2) is 4.49. The third-order valence-electron chi connectivity index (χ3n) is 5.00. The zero-order valence-electron chi connectivity index (χ0n) is 12.5. The van der Waals surface area contributed by atoms with Crippen LogP contribution in [0.15, 0.2) is 46.9 Å². The SMILES string of the molecule is Oc1ccc2ccc3oc4ccc5c(c4c3c2c1)CC(O)CC5. The molecule has 1 aliphatic rings. The molecule has 1 atom stereocenters. The zero-order chi connectivity index (χ0) is 15.6. The van der Waals surface area contributed by atoms with E-state index in [2.05, 4.69) is 6.07 Å². The Hall–Kier alpha value is -2.52. The maximum Gasteiger partial charge on any atom is 0.136 e. The van der Waals surface area contributed by atoms with Crippen molar-refractivity contribution in [2.24, 2.45) is 0 Å². The lowest BCUT2D eigenvalue weighted by atomic mass is 9.86. The first-order valence-electron chi connectivity index (χ1n) is 7.97. The minimum Gasteiger partial charge on any atom is -0.508 e. The number of aliphatic hydroxyl groups excluding tert-OH is 1. The number of fused-ring (bicyclic) bond motifs is 7.